The maximum atomic E-state index is 6.27. The fourth-order valence-corrected chi connectivity index (χ4v) is 7.84. The number of para-hydroxylation sites is 1. The van der Waals surface area contributed by atoms with Gasteiger partial charge in [-0.1, -0.05) is 109 Å². The Morgan fingerprint density at radius 2 is 1.24 bits per heavy atom. The Kier molecular flexibility index (Phi) is 6.29. The van der Waals surface area contributed by atoms with Gasteiger partial charge in [-0.3, -0.25) is 0 Å². The van der Waals surface area contributed by atoms with Gasteiger partial charge in [-0.2, -0.15) is 0 Å². The molecule has 0 radical (unpaired) electrons. The topological polar surface area (TPSA) is 37.9 Å². The van der Waals surface area contributed by atoms with Crippen LogP contribution in [-0.2, 0) is 0 Å². The van der Waals surface area contributed by atoms with E-state index in [1.54, 1.807) is 0 Å². The Hall–Kier alpha value is -5.58. The molecule has 0 unspecified atom stereocenters. The van der Waals surface area contributed by atoms with Crippen molar-refractivity contribution < 1.29 is 4.42 Å². The van der Waals surface area contributed by atoms with Crippen molar-refractivity contribution in [3.8, 4) is 11.1 Å². The van der Waals surface area contributed by atoms with Crippen molar-refractivity contribution in [1.29, 1.82) is 0 Å². The average molecular weight is 609 g/mol. The molecule has 9 rings (SSSR count). The highest BCUT2D eigenvalue weighted by Crippen LogP contribution is 2.40. The fraction of sp³-hybridized carbons (Fsp3) is 0.0476. The zero-order valence-corrected chi connectivity index (χ0v) is 26.0. The van der Waals surface area contributed by atoms with Gasteiger partial charge in [0.1, 0.15) is 11.2 Å². The standard InChI is InChI=1S/C42H28N2OS/c1-26-24-35(30-15-6-5-14-29(30)32-18-11-20-37-40(32)33-17-7-9-19-36(33)45-37)43-42(27-12-3-2-4-13-27)44-41(26)28-22-23-39-34(25-28)31-16-8-10-21-38(31)46-39/h2-23,25H,24H2,1H3. The van der Waals surface area contributed by atoms with Gasteiger partial charge in [0.05, 0.1) is 11.4 Å². The number of thiophene rings is 1. The van der Waals surface area contributed by atoms with E-state index in [1.807, 2.05) is 29.5 Å². The highest BCUT2D eigenvalue weighted by Gasteiger charge is 2.22. The van der Waals surface area contributed by atoms with Gasteiger partial charge in [-0.25, -0.2) is 9.98 Å². The molecule has 0 atom stereocenters. The number of rotatable bonds is 4. The second kappa shape index (κ2) is 10.8. The van der Waals surface area contributed by atoms with E-state index < -0.39 is 0 Å². The minimum absolute atomic E-state index is 0.677. The van der Waals surface area contributed by atoms with Crippen molar-refractivity contribution >= 4 is 70.7 Å². The molecule has 3 heterocycles. The van der Waals surface area contributed by atoms with Crippen LogP contribution in [0, 0.1) is 0 Å². The molecule has 46 heavy (non-hydrogen) atoms. The van der Waals surface area contributed by atoms with E-state index in [-0.39, 0.29) is 0 Å². The molecule has 1 aliphatic rings. The van der Waals surface area contributed by atoms with Gasteiger partial charge in [-0.05, 0) is 54.0 Å². The summed E-state index contributed by atoms with van der Waals surface area (Å²) in [6.07, 6.45) is 0.677. The van der Waals surface area contributed by atoms with Crippen LogP contribution in [0.1, 0.15) is 30.0 Å². The van der Waals surface area contributed by atoms with Crippen LogP contribution in [0.5, 0.6) is 0 Å². The van der Waals surface area contributed by atoms with Crippen LogP contribution in [0.2, 0.25) is 0 Å². The molecular weight excluding hydrogens is 581 g/mol. The van der Waals surface area contributed by atoms with Gasteiger partial charge in [0.25, 0.3) is 0 Å². The summed E-state index contributed by atoms with van der Waals surface area (Å²) >= 11 is 1.84. The number of benzene rings is 6. The number of hydrogen-bond donors (Lipinski definition) is 0. The van der Waals surface area contributed by atoms with Crippen molar-refractivity contribution in [3.05, 3.63) is 162 Å². The van der Waals surface area contributed by atoms with Gasteiger partial charge in [0, 0.05) is 54.1 Å². The number of allylic oxidation sites excluding steroid dienone is 1. The van der Waals surface area contributed by atoms with E-state index in [1.165, 1.54) is 25.7 Å². The molecule has 0 aliphatic carbocycles. The number of amidine groups is 1. The lowest BCUT2D eigenvalue weighted by atomic mass is 9.90. The molecule has 3 nitrogen and oxygen atoms in total. The maximum absolute atomic E-state index is 6.27. The third kappa shape index (κ3) is 4.41. The molecule has 0 bridgehead atoms. The summed E-state index contributed by atoms with van der Waals surface area (Å²) in [7, 11) is 0. The molecule has 0 N–H and O–H groups in total. The molecule has 4 heteroatoms. The van der Waals surface area contributed by atoms with Gasteiger partial charge in [-0.15, -0.1) is 11.3 Å². The minimum Gasteiger partial charge on any atom is -0.456 e. The fourth-order valence-electron chi connectivity index (χ4n) is 6.75. The third-order valence-electron chi connectivity index (χ3n) is 8.91. The molecule has 0 fully saturated rings. The summed E-state index contributed by atoms with van der Waals surface area (Å²) in [5, 5.41) is 4.80. The molecule has 1 aliphatic heterocycles. The van der Waals surface area contributed by atoms with Gasteiger partial charge in [0.15, 0.2) is 5.84 Å². The normalized spacial score (nSPS) is 13.8. The highest BCUT2D eigenvalue weighted by molar-refractivity contribution is 7.25. The predicted molar refractivity (Wildman–Crippen MR) is 195 cm³/mol. The van der Waals surface area contributed by atoms with Crippen molar-refractivity contribution in [3.63, 3.8) is 0 Å². The summed E-state index contributed by atoms with van der Waals surface area (Å²) in [6.45, 7) is 2.20. The van der Waals surface area contributed by atoms with Crippen LogP contribution < -0.4 is 0 Å². The first-order chi connectivity index (χ1) is 22.7. The summed E-state index contributed by atoms with van der Waals surface area (Å²) in [5.41, 5.74) is 10.4. The third-order valence-corrected chi connectivity index (χ3v) is 10.1. The molecule has 0 saturated heterocycles. The van der Waals surface area contributed by atoms with Crippen LogP contribution in [-0.4, -0.2) is 11.5 Å². The van der Waals surface area contributed by atoms with Crippen LogP contribution in [0.4, 0.5) is 0 Å². The van der Waals surface area contributed by atoms with Gasteiger partial charge >= 0.3 is 0 Å². The molecular formula is C42H28N2OS. The summed E-state index contributed by atoms with van der Waals surface area (Å²) < 4.78 is 8.86. The van der Waals surface area contributed by atoms with Gasteiger partial charge < -0.3 is 4.42 Å². The first-order valence-corrected chi connectivity index (χ1v) is 16.4. The lowest BCUT2D eigenvalue weighted by Gasteiger charge is -2.14. The summed E-state index contributed by atoms with van der Waals surface area (Å²) in [6, 6.07) is 49.0. The van der Waals surface area contributed by atoms with E-state index in [9.17, 15) is 0 Å². The number of furan rings is 1. The van der Waals surface area contributed by atoms with Crippen LogP contribution in [0.3, 0.4) is 0 Å². The van der Waals surface area contributed by atoms with Gasteiger partial charge in [0.2, 0.25) is 0 Å². The minimum atomic E-state index is 0.677. The van der Waals surface area contributed by atoms with Crippen LogP contribution in [0.15, 0.2) is 160 Å². The first-order valence-electron chi connectivity index (χ1n) is 15.5. The second-order valence-electron chi connectivity index (χ2n) is 11.8. The second-order valence-corrected chi connectivity index (χ2v) is 12.9. The molecule has 0 amide bonds. The monoisotopic (exact) mass is 608 g/mol. The first kappa shape index (κ1) is 26.8. The SMILES string of the molecule is CC1=C(c2ccc3sc4ccccc4c3c2)N=C(c2ccccc2)N=C(c2ccccc2-c2cccc3oc4ccccc4c23)C1. The lowest BCUT2D eigenvalue weighted by Crippen LogP contribution is -2.07. The van der Waals surface area contributed by atoms with Crippen molar-refractivity contribution in [2.75, 3.05) is 0 Å². The average Bonchev–Trinajstić information content (AvgIpc) is 3.62. The Morgan fingerprint density at radius 1 is 0.543 bits per heavy atom. The number of hydrogen-bond acceptors (Lipinski definition) is 4. The molecule has 8 aromatic rings. The van der Waals surface area contributed by atoms with E-state index in [0.29, 0.717) is 6.42 Å². The smallest absolute Gasteiger partial charge is 0.160 e. The van der Waals surface area contributed by atoms with E-state index >= 15 is 0 Å². The Bertz CT molecular complexity index is 2560. The molecule has 0 spiro atoms. The zero-order valence-electron chi connectivity index (χ0n) is 25.2. The van der Waals surface area contributed by atoms with E-state index in [4.69, 9.17) is 14.4 Å². The van der Waals surface area contributed by atoms with E-state index in [0.717, 1.165) is 67.0 Å². The van der Waals surface area contributed by atoms with Crippen LogP contribution in [0.25, 0.3) is 58.9 Å². The largest absolute Gasteiger partial charge is 0.456 e. The molecule has 218 valence electrons. The molecule has 0 saturated carbocycles. The Balaban J connectivity index is 1.24. The highest BCUT2D eigenvalue weighted by atomic mass is 32.1. The van der Waals surface area contributed by atoms with Crippen LogP contribution >= 0.6 is 11.3 Å². The van der Waals surface area contributed by atoms with E-state index in [2.05, 4.69) is 128 Å². The number of fused-ring (bicyclic) bond motifs is 6. The zero-order chi connectivity index (χ0) is 30.6. The maximum Gasteiger partial charge on any atom is 0.160 e. The van der Waals surface area contributed by atoms with Crippen molar-refractivity contribution in [2.45, 2.75) is 13.3 Å². The summed E-state index contributed by atoms with van der Waals surface area (Å²) in [5.74, 6) is 0.722. The molecule has 2 aromatic heterocycles. The summed E-state index contributed by atoms with van der Waals surface area (Å²) in [4.78, 5) is 10.7. The Morgan fingerprint density at radius 3 is 2.13 bits per heavy atom. The van der Waals surface area contributed by atoms with Crippen molar-refractivity contribution in [2.24, 2.45) is 9.98 Å². The number of aliphatic imine (C=N–C) groups is 2. The predicted octanol–water partition coefficient (Wildman–Crippen LogP) is 11.7. The van der Waals surface area contributed by atoms with Crippen molar-refractivity contribution in [1.82, 2.24) is 0 Å². The molecule has 6 aromatic carbocycles. The number of nitrogens with zero attached hydrogens (tertiary/aromatic N) is 2. The Labute approximate surface area is 270 Å². The lowest BCUT2D eigenvalue weighted by molar-refractivity contribution is 0.669. The quantitative estimate of drug-likeness (QED) is 0.196.